The van der Waals surface area contributed by atoms with Crippen molar-refractivity contribution in [3.05, 3.63) is 59.7 Å². The Morgan fingerprint density at radius 3 is 2.20 bits per heavy atom. The van der Waals surface area contributed by atoms with Gasteiger partial charge in [0.25, 0.3) is 0 Å². The van der Waals surface area contributed by atoms with E-state index < -0.39 is 18.3 Å². The number of hydrogen-bond donors (Lipinski definition) is 1. The van der Waals surface area contributed by atoms with E-state index in [1.165, 1.54) is 0 Å². The normalized spacial score (nSPS) is 13.1. The second-order valence-corrected chi connectivity index (χ2v) is 14.8. The molecule has 0 heterocycles. The lowest BCUT2D eigenvalue weighted by molar-refractivity contribution is 0.217. The van der Waals surface area contributed by atoms with Crippen LogP contribution in [0.3, 0.4) is 0 Å². The van der Waals surface area contributed by atoms with Crippen LogP contribution in [0.15, 0.2) is 48.5 Å². The van der Waals surface area contributed by atoms with E-state index in [1.807, 2.05) is 48.5 Å². The molecule has 0 saturated heterocycles. The maximum Gasteiger partial charge on any atom is 0.229 e. The third kappa shape index (κ3) is 7.25. The van der Waals surface area contributed by atoms with Gasteiger partial charge in [-0.1, -0.05) is 79.8 Å². The van der Waals surface area contributed by atoms with Gasteiger partial charge in [0.1, 0.15) is 12.4 Å². The molecule has 0 aromatic heterocycles. The van der Waals surface area contributed by atoms with Crippen molar-refractivity contribution in [1.82, 2.24) is 0 Å². The van der Waals surface area contributed by atoms with E-state index in [9.17, 15) is 8.42 Å². The molecule has 0 radical (unpaired) electrons. The van der Waals surface area contributed by atoms with Crippen LogP contribution in [0.1, 0.15) is 38.0 Å². The van der Waals surface area contributed by atoms with Gasteiger partial charge >= 0.3 is 0 Å². The van der Waals surface area contributed by atoms with Crippen molar-refractivity contribution in [2.45, 2.75) is 51.6 Å². The average molecular weight is 562 g/mol. The lowest BCUT2D eigenvalue weighted by Crippen LogP contribution is -2.37. The fourth-order valence-corrected chi connectivity index (χ4v) is 7.79. The van der Waals surface area contributed by atoms with Gasteiger partial charge < -0.3 is 9.16 Å². The number of nitrogens with one attached hydrogen (secondary N) is 1. The summed E-state index contributed by atoms with van der Waals surface area (Å²) in [5.41, 5.74) is 2.43. The van der Waals surface area contributed by atoms with Crippen LogP contribution in [0, 0.1) is 0 Å². The predicted molar refractivity (Wildman–Crippen MR) is 136 cm³/mol. The summed E-state index contributed by atoms with van der Waals surface area (Å²) in [6.07, 6.45) is 1.08. The van der Waals surface area contributed by atoms with Crippen molar-refractivity contribution < 1.29 is 17.6 Å². The Labute approximate surface area is 195 Å². The van der Waals surface area contributed by atoms with Gasteiger partial charge in [0.15, 0.2) is 8.32 Å². The van der Waals surface area contributed by atoms with E-state index in [2.05, 4.69) is 48.1 Å². The third-order valence-corrected chi connectivity index (χ3v) is 11.4. The van der Waals surface area contributed by atoms with E-state index >= 15 is 0 Å². The molecule has 1 atom stereocenters. The summed E-state index contributed by atoms with van der Waals surface area (Å²) in [6.45, 7) is 6.99. The second kappa shape index (κ2) is 11.5. The summed E-state index contributed by atoms with van der Waals surface area (Å²) in [5, 5.41) is 0. The zero-order valence-electron chi connectivity index (χ0n) is 18.2. The summed E-state index contributed by atoms with van der Waals surface area (Å²) in [7, 11) is -5.24. The number of benzene rings is 2. The first-order valence-electron chi connectivity index (χ1n) is 10.3. The smallest absolute Gasteiger partial charge is 0.229 e. The molecular weight excluding hydrogens is 529 g/mol. The Morgan fingerprint density at radius 2 is 1.67 bits per heavy atom. The minimum absolute atomic E-state index is 0.0691. The van der Waals surface area contributed by atoms with E-state index in [0.717, 1.165) is 39.9 Å². The molecule has 0 aliphatic carbocycles. The van der Waals surface area contributed by atoms with Gasteiger partial charge in [-0.3, -0.25) is 4.72 Å². The Kier molecular flexibility index (Phi) is 9.64. The van der Waals surface area contributed by atoms with Crippen molar-refractivity contribution in [2.24, 2.45) is 0 Å². The highest BCUT2D eigenvalue weighted by atomic mass is 127. The summed E-state index contributed by atoms with van der Waals surface area (Å²) in [5.74, 6) is 0.505. The highest BCUT2D eigenvalue weighted by molar-refractivity contribution is 14.1. The molecule has 0 spiro atoms. The van der Waals surface area contributed by atoms with E-state index in [0.29, 0.717) is 18.0 Å². The van der Waals surface area contributed by atoms with Gasteiger partial charge in [0.2, 0.25) is 10.0 Å². The van der Waals surface area contributed by atoms with Crippen LogP contribution >= 0.6 is 22.6 Å². The molecule has 0 fully saturated rings. The molecule has 0 bridgehead atoms. The standard InChI is InChI=1S/C22H32INO4SSi/c1-5-30(6-2,7-3)28-22(16-23)19-13-14-21(20(15-19)24-29(4,25)26)27-17-18-11-9-8-10-12-18/h8-15,22,24H,5-7,16-17H2,1-4H3/t22-/m1/s1. The van der Waals surface area contributed by atoms with Crippen molar-refractivity contribution in [1.29, 1.82) is 0 Å². The van der Waals surface area contributed by atoms with Gasteiger partial charge in [-0.15, -0.1) is 0 Å². The fraction of sp³-hybridized carbons (Fsp3) is 0.455. The van der Waals surface area contributed by atoms with Crippen LogP contribution in [0.5, 0.6) is 5.75 Å². The van der Waals surface area contributed by atoms with Crippen molar-refractivity contribution in [3.63, 3.8) is 0 Å². The molecule has 0 saturated carbocycles. The molecule has 2 aromatic rings. The summed E-state index contributed by atoms with van der Waals surface area (Å²) in [4.78, 5) is 0. The maximum absolute atomic E-state index is 12.0. The zero-order valence-corrected chi connectivity index (χ0v) is 22.1. The Balaban J connectivity index is 2.33. The molecule has 1 N–H and O–H groups in total. The second-order valence-electron chi connectivity index (χ2n) is 7.41. The highest BCUT2D eigenvalue weighted by Crippen LogP contribution is 2.35. The van der Waals surface area contributed by atoms with Gasteiger partial charge in [-0.25, -0.2) is 8.42 Å². The number of hydrogen-bond acceptors (Lipinski definition) is 4. The van der Waals surface area contributed by atoms with E-state index in [4.69, 9.17) is 9.16 Å². The van der Waals surface area contributed by atoms with Crippen molar-refractivity contribution in [3.8, 4) is 5.75 Å². The van der Waals surface area contributed by atoms with Gasteiger partial charge in [0.05, 0.1) is 18.0 Å². The molecule has 30 heavy (non-hydrogen) atoms. The Bertz CT molecular complexity index is 896. The van der Waals surface area contributed by atoms with Crippen molar-refractivity contribution >= 4 is 46.6 Å². The molecule has 0 aliphatic rings. The zero-order chi connectivity index (χ0) is 22.2. The lowest BCUT2D eigenvalue weighted by atomic mass is 10.1. The highest BCUT2D eigenvalue weighted by Gasteiger charge is 2.32. The minimum Gasteiger partial charge on any atom is -0.487 e. The molecule has 0 unspecified atom stereocenters. The average Bonchev–Trinajstić information content (AvgIpc) is 2.74. The number of anilines is 1. The molecule has 8 heteroatoms. The lowest BCUT2D eigenvalue weighted by Gasteiger charge is -2.33. The summed E-state index contributed by atoms with van der Waals surface area (Å²) < 4.78 is 39.9. The number of ether oxygens (including phenoxy) is 1. The van der Waals surface area contributed by atoms with Crippen LogP contribution in [-0.4, -0.2) is 27.4 Å². The molecule has 2 rings (SSSR count). The summed E-state index contributed by atoms with van der Waals surface area (Å²) >= 11 is 2.34. The Morgan fingerprint density at radius 1 is 1.03 bits per heavy atom. The van der Waals surface area contributed by atoms with Gasteiger partial charge in [-0.2, -0.15) is 0 Å². The van der Waals surface area contributed by atoms with Crippen LogP contribution in [0.2, 0.25) is 18.1 Å². The van der Waals surface area contributed by atoms with E-state index in [1.54, 1.807) is 0 Å². The SMILES string of the molecule is CC[Si](CC)(CC)O[C@H](CI)c1ccc(OCc2ccccc2)c(NS(C)(=O)=O)c1. The first-order valence-corrected chi connectivity index (χ1v) is 16.2. The first kappa shape index (κ1) is 25.2. The topological polar surface area (TPSA) is 64.6 Å². The van der Waals surface area contributed by atoms with E-state index in [-0.39, 0.29) is 6.10 Å². The summed E-state index contributed by atoms with van der Waals surface area (Å²) in [6, 6.07) is 18.7. The van der Waals surface area contributed by atoms with Crippen molar-refractivity contribution in [2.75, 3.05) is 15.4 Å². The van der Waals surface area contributed by atoms with Crippen LogP contribution in [-0.2, 0) is 21.1 Å². The molecule has 0 amide bonds. The van der Waals surface area contributed by atoms with Crippen LogP contribution in [0.25, 0.3) is 0 Å². The van der Waals surface area contributed by atoms with Crippen LogP contribution in [0.4, 0.5) is 5.69 Å². The number of halogens is 1. The number of rotatable bonds is 12. The van der Waals surface area contributed by atoms with Crippen LogP contribution < -0.4 is 9.46 Å². The number of sulfonamides is 1. The molecule has 0 aliphatic heterocycles. The molecular formula is C22H32INO4SSi. The Hall–Kier alpha value is -1.10. The fourth-order valence-electron chi connectivity index (χ4n) is 3.38. The molecule has 5 nitrogen and oxygen atoms in total. The molecule has 2 aromatic carbocycles. The quantitative estimate of drug-likeness (QED) is 0.192. The monoisotopic (exact) mass is 561 g/mol. The number of alkyl halides is 1. The largest absolute Gasteiger partial charge is 0.487 e. The maximum atomic E-state index is 12.0. The van der Waals surface area contributed by atoms with Gasteiger partial charge in [-0.05, 0) is 41.4 Å². The molecule has 166 valence electrons. The predicted octanol–water partition coefficient (Wildman–Crippen LogP) is 6.14. The third-order valence-electron chi connectivity index (χ3n) is 5.37. The van der Waals surface area contributed by atoms with Gasteiger partial charge in [0, 0.05) is 4.43 Å². The first-order chi connectivity index (χ1) is 14.3. The minimum atomic E-state index is -3.44.